The van der Waals surface area contributed by atoms with Crippen molar-refractivity contribution in [2.75, 3.05) is 7.11 Å². The summed E-state index contributed by atoms with van der Waals surface area (Å²) in [5.41, 5.74) is 0. The second-order valence-electron chi connectivity index (χ2n) is 3.85. The van der Waals surface area contributed by atoms with Crippen LogP contribution in [0.4, 0.5) is 0 Å². The van der Waals surface area contributed by atoms with Gasteiger partial charge in [0.05, 0.1) is 19.1 Å². The summed E-state index contributed by atoms with van der Waals surface area (Å²) in [6, 6.07) is 0. The van der Waals surface area contributed by atoms with Gasteiger partial charge in [-0.15, -0.1) is 0 Å². The third-order valence-electron chi connectivity index (χ3n) is 3.35. The quantitative estimate of drug-likeness (QED) is 0.585. The normalized spacial score (nSPS) is 44.8. The number of hydrogen-bond acceptors (Lipinski definition) is 3. The predicted molar refractivity (Wildman–Crippen MR) is 42.3 cm³/mol. The summed E-state index contributed by atoms with van der Waals surface area (Å²) < 4.78 is 4.71. The number of methoxy groups -OCH3 is 1. The third-order valence-corrected chi connectivity index (χ3v) is 3.35. The highest BCUT2D eigenvalue weighted by atomic mass is 16.5. The second-order valence-corrected chi connectivity index (χ2v) is 3.85. The number of carbonyl (C=O) groups is 1. The van der Waals surface area contributed by atoms with Gasteiger partial charge in [0.25, 0.3) is 0 Å². The summed E-state index contributed by atoms with van der Waals surface area (Å²) in [5.74, 6) is 0.434. The molecule has 3 heteroatoms. The van der Waals surface area contributed by atoms with Crippen LogP contribution in [0.25, 0.3) is 0 Å². The van der Waals surface area contributed by atoms with E-state index in [4.69, 9.17) is 4.74 Å². The maximum Gasteiger partial charge on any atom is 0.309 e. The average molecular weight is 170 g/mol. The highest BCUT2D eigenvalue weighted by Crippen LogP contribution is 2.49. The van der Waals surface area contributed by atoms with Gasteiger partial charge < -0.3 is 9.84 Å². The number of aliphatic hydroxyl groups excluding tert-OH is 1. The molecule has 0 spiro atoms. The molecule has 0 aromatic rings. The molecule has 0 amide bonds. The van der Waals surface area contributed by atoms with E-state index in [-0.39, 0.29) is 23.9 Å². The lowest BCUT2D eigenvalue weighted by Crippen LogP contribution is -2.23. The fourth-order valence-corrected chi connectivity index (χ4v) is 2.80. The molecule has 2 aliphatic rings. The minimum Gasteiger partial charge on any atom is -0.469 e. The van der Waals surface area contributed by atoms with Gasteiger partial charge >= 0.3 is 5.97 Å². The van der Waals surface area contributed by atoms with E-state index in [1.54, 1.807) is 0 Å². The van der Waals surface area contributed by atoms with E-state index in [9.17, 15) is 9.90 Å². The molecule has 0 aromatic carbocycles. The third kappa shape index (κ3) is 0.959. The fraction of sp³-hybridized carbons (Fsp3) is 0.889. The van der Waals surface area contributed by atoms with Gasteiger partial charge in [0, 0.05) is 0 Å². The Morgan fingerprint density at radius 2 is 2.25 bits per heavy atom. The molecule has 3 nitrogen and oxygen atoms in total. The number of rotatable bonds is 1. The van der Waals surface area contributed by atoms with Crippen molar-refractivity contribution < 1.29 is 14.6 Å². The van der Waals surface area contributed by atoms with Gasteiger partial charge in [-0.05, 0) is 31.1 Å². The lowest BCUT2D eigenvalue weighted by Gasteiger charge is -2.15. The van der Waals surface area contributed by atoms with Crippen molar-refractivity contribution in [3.05, 3.63) is 0 Å². The topological polar surface area (TPSA) is 46.5 Å². The molecule has 0 unspecified atom stereocenters. The number of ether oxygens (including phenoxy) is 1. The molecular formula is C9H14O3. The summed E-state index contributed by atoms with van der Waals surface area (Å²) in [4.78, 5) is 11.3. The SMILES string of the molecule is COC(=O)[C@@H]1[C@@H]2CC[C@H]1[C@H](O)C2. The smallest absolute Gasteiger partial charge is 0.309 e. The van der Waals surface area contributed by atoms with Crippen LogP contribution in [0.2, 0.25) is 0 Å². The van der Waals surface area contributed by atoms with Gasteiger partial charge in [-0.25, -0.2) is 0 Å². The Kier molecular flexibility index (Phi) is 1.83. The van der Waals surface area contributed by atoms with E-state index in [1.165, 1.54) is 7.11 Å². The van der Waals surface area contributed by atoms with Gasteiger partial charge in [0.1, 0.15) is 0 Å². The molecule has 2 fully saturated rings. The van der Waals surface area contributed by atoms with Gasteiger partial charge in [-0.2, -0.15) is 0 Å². The van der Waals surface area contributed by atoms with E-state index in [0.29, 0.717) is 5.92 Å². The molecule has 2 saturated carbocycles. The van der Waals surface area contributed by atoms with Crippen molar-refractivity contribution in [2.45, 2.75) is 25.4 Å². The van der Waals surface area contributed by atoms with Crippen molar-refractivity contribution in [2.24, 2.45) is 17.8 Å². The highest BCUT2D eigenvalue weighted by molar-refractivity contribution is 5.74. The minimum absolute atomic E-state index is 0.00926. The first kappa shape index (κ1) is 8.05. The Bertz CT molecular complexity index is 202. The summed E-state index contributed by atoms with van der Waals surface area (Å²) >= 11 is 0. The van der Waals surface area contributed by atoms with E-state index < -0.39 is 0 Å². The molecular weight excluding hydrogens is 156 g/mol. The maximum atomic E-state index is 11.3. The molecule has 0 aromatic heterocycles. The molecule has 2 aliphatic carbocycles. The first-order valence-electron chi connectivity index (χ1n) is 4.50. The van der Waals surface area contributed by atoms with Crippen LogP contribution >= 0.6 is 0 Å². The Balaban J connectivity index is 2.13. The molecule has 0 heterocycles. The average Bonchev–Trinajstić information content (AvgIpc) is 2.59. The molecule has 2 bridgehead atoms. The number of esters is 1. The Morgan fingerprint density at radius 3 is 2.67 bits per heavy atom. The van der Waals surface area contributed by atoms with Crippen LogP contribution in [0.5, 0.6) is 0 Å². The lowest BCUT2D eigenvalue weighted by atomic mass is 9.97. The minimum atomic E-state index is -0.257. The number of carbonyl (C=O) groups excluding carboxylic acids is 1. The van der Waals surface area contributed by atoms with Crippen LogP contribution in [0.15, 0.2) is 0 Å². The second kappa shape index (κ2) is 2.73. The van der Waals surface area contributed by atoms with Crippen molar-refractivity contribution in [1.82, 2.24) is 0 Å². The Hall–Kier alpha value is -0.570. The first-order chi connectivity index (χ1) is 5.74. The number of hydrogen-bond donors (Lipinski definition) is 1. The van der Waals surface area contributed by atoms with E-state index in [0.717, 1.165) is 19.3 Å². The van der Waals surface area contributed by atoms with Crippen molar-refractivity contribution in [1.29, 1.82) is 0 Å². The van der Waals surface area contributed by atoms with Crippen LogP contribution in [0.1, 0.15) is 19.3 Å². The maximum absolute atomic E-state index is 11.3. The molecule has 2 rings (SSSR count). The molecule has 68 valence electrons. The standard InChI is InChI=1S/C9H14O3/c1-12-9(11)8-5-2-3-6(8)7(10)4-5/h5-8,10H,2-4H2,1H3/t5-,6+,7-,8-/m1/s1. The van der Waals surface area contributed by atoms with Crippen molar-refractivity contribution >= 4 is 5.97 Å². The van der Waals surface area contributed by atoms with Gasteiger partial charge in [0.15, 0.2) is 0 Å². The zero-order valence-electron chi connectivity index (χ0n) is 7.19. The van der Waals surface area contributed by atoms with Crippen LogP contribution < -0.4 is 0 Å². The Morgan fingerprint density at radius 1 is 1.50 bits per heavy atom. The van der Waals surface area contributed by atoms with Crippen LogP contribution in [0.3, 0.4) is 0 Å². The highest BCUT2D eigenvalue weighted by Gasteiger charge is 2.51. The predicted octanol–water partition coefficient (Wildman–Crippen LogP) is 0.566. The first-order valence-corrected chi connectivity index (χ1v) is 4.50. The zero-order valence-corrected chi connectivity index (χ0v) is 7.19. The van der Waals surface area contributed by atoms with Gasteiger partial charge in [0.2, 0.25) is 0 Å². The van der Waals surface area contributed by atoms with E-state index >= 15 is 0 Å². The summed E-state index contributed by atoms with van der Waals surface area (Å²) in [6.07, 6.45) is 2.62. The van der Waals surface area contributed by atoms with Gasteiger partial charge in [-0.3, -0.25) is 4.79 Å². The lowest BCUT2D eigenvalue weighted by molar-refractivity contribution is -0.147. The van der Waals surface area contributed by atoms with Crippen LogP contribution in [0, 0.1) is 17.8 Å². The largest absolute Gasteiger partial charge is 0.469 e. The fourth-order valence-electron chi connectivity index (χ4n) is 2.80. The summed E-state index contributed by atoms with van der Waals surface area (Å²) in [5, 5.41) is 9.53. The number of aliphatic hydroxyl groups is 1. The summed E-state index contributed by atoms with van der Waals surface area (Å²) in [6.45, 7) is 0. The van der Waals surface area contributed by atoms with Crippen LogP contribution in [-0.4, -0.2) is 24.3 Å². The van der Waals surface area contributed by atoms with E-state index in [1.807, 2.05) is 0 Å². The summed E-state index contributed by atoms with van der Waals surface area (Å²) in [7, 11) is 1.42. The van der Waals surface area contributed by atoms with Gasteiger partial charge in [-0.1, -0.05) is 0 Å². The van der Waals surface area contributed by atoms with Crippen LogP contribution in [-0.2, 0) is 9.53 Å². The molecule has 12 heavy (non-hydrogen) atoms. The molecule has 0 radical (unpaired) electrons. The zero-order chi connectivity index (χ0) is 8.72. The molecule has 1 N–H and O–H groups in total. The van der Waals surface area contributed by atoms with Crippen molar-refractivity contribution in [3.8, 4) is 0 Å². The molecule has 0 aliphatic heterocycles. The monoisotopic (exact) mass is 170 g/mol. The van der Waals surface area contributed by atoms with Crippen molar-refractivity contribution in [3.63, 3.8) is 0 Å². The Labute approximate surface area is 71.7 Å². The van der Waals surface area contributed by atoms with E-state index in [2.05, 4.69) is 0 Å². The molecule has 4 atom stereocenters. The molecule has 0 saturated heterocycles. The number of fused-ring (bicyclic) bond motifs is 2.